The molecule has 1 rings (SSSR count). The third-order valence-electron chi connectivity index (χ3n) is 2.90. The van der Waals surface area contributed by atoms with Crippen LogP contribution in [0.25, 0.3) is 0 Å². The van der Waals surface area contributed by atoms with Crippen LogP contribution in [0.3, 0.4) is 0 Å². The van der Waals surface area contributed by atoms with E-state index in [0.29, 0.717) is 0 Å². The Morgan fingerprint density at radius 1 is 1.22 bits per heavy atom. The Kier molecular flexibility index (Phi) is 6.12. The molecule has 0 radical (unpaired) electrons. The van der Waals surface area contributed by atoms with Crippen LogP contribution in [0.4, 0.5) is 5.69 Å². The normalized spacial score (nSPS) is 12.8. The van der Waals surface area contributed by atoms with Crippen molar-refractivity contribution in [3.8, 4) is 0 Å². The Morgan fingerprint density at radius 3 is 2.39 bits per heavy atom. The van der Waals surface area contributed by atoms with E-state index in [1.165, 1.54) is 11.3 Å². The van der Waals surface area contributed by atoms with Crippen molar-refractivity contribution in [1.29, 1.82) is 0 Å². The van der Waals surface area contributed by atoms with Gasteiger partial charge in [-0.1, -0.05) is 22.0 Å². The van der Waals surface area contributed by atoms with Crippen LogP contribution in [-0.2, 0) is 6.42 Å². The minimum atomic E-state index is 0.193. The summed E-state index contributed by atoms with van der Waals surface area (Å²) >= 11 is 3.63. The van der Waals surface area contributed by atoms with E-state index in [0.717, 1.165) is 24.0 Å². The third-order valence-corrected chi connectivity index (χ3v) is 3.64. The molecule has 0 saturated carbocycles. The summed E-state index contributed by atoms with van der Waals surface area (Å²) < 4.78 is 1.15. The van der Waals surface area contributed by atoms with Crippen LogP contribution >= 0.6 is 15.9 Å². The van der Waals surface area contributed by atoms with Crippen molar-refractivity contribution in [3.63, 3.8) is 0 Å². The van der Waals surface area contributed by atoms with Crippen LogP contribution < -0.4 is 10.6 Å². The van der Waals surface area contributed by atoms with Crippen LogP contribution in [0.15, 0.2) is 22.7 Å². The van der Waals surface area contributed by atoms with Crippen LogP contribution in [0.5, 0.6) is 0 Å². The third kappa shape index (κ3) is 4.96. The Labute approximate surface area is 119 Å². The van der Waals surface area contributed by atoms with Gasteiger partial charge < -0.3 is 15.5 Å². The van der Waals surface area contributed by atoms with Gasteiger partial charge >= 0.3 is 0 Å². The average molecular weight is 314 g/mol. The molecule has 18 heavy (non-hydrogen) atoms. The van der Waals surface area contributed by atoms with Gasteiger partial charge in [0.25, 0.3) is 0 Å². The first kappa shape index (κ1) is 15.5. The van der Waals surface area contributed by atoms with Gasteiger partial charge in [0.05, 0.1) is 0 Å². The SMILES string of the molecule is CC(N)Cc1ccc(N(C)CCN(C)C)cc1Br. The van der Waals surface area contributed by atoms with Crippen LogP contribution in [-0.4, -0.2) is 45.2 Å². The summed E-state index contributed by atoms with van der Waals surface area (Å²) in [4.78, 5) is 4.45. The molecule has 0 aliphatic heterocycles. The number of anilines is 1. The number of nitrogens with two attached hydrogens (primary N) is 1. The molecule has 1 atom stereocenters. The van der Waals surface area contributed by atoms with Crippen molar-refractivity contribution in [1.82, 2.24) is 4.90 Å². The number of hydrogen-bond acceptors (Lipinski definition) is 3. The first-order valence-corrected chi connectivity index (χ1v) is 7.09. The molecule has 0 aromatic heterocycles. The number of benzene rings is 1. The molecule has 0 bridgehead atoms. The number of hydrogen-bond donors (Lipinski definition) is 1. The molecular formula is C14H24BrN3. The fraction of sp³-hybridized carbons (Fsp3) is 0.571. The zero-order valence-electron chi connectivity index (χ0n) is 11.8. The maximum Gasteiger partial charge on any atom is 0.0375 e. The number of halogens is 1. The zero-order valence-corrected chi connectivity index (χ0v) is 13.4. The van der Waals surface area contributed by atoms with Crippen molar-refractivity contribution in [2.45, 2.75) is 19.4 Å². The van der Waals surface area contributed by atoms with E-state index in [4.69, 9.17) is 5.73 Å². The Morgan fingerprint density at radius 2 is 1.89 bits per heavy atom. The average Bonchev–Trinajstić information content (AvgIpc) is 2.28. The highest BCUT2D eigenvalue weighted by atomic mass is 79.9. The minimum Gasteiger partial charge on any atom is -0.373 e. The van der Waals surface area contributed by atoms with Crippen molar-refractivity contribution in [2.24, 2.45) is 5.73 Å². The predicted molar refractivity (Wildman–Crippen MR) is 83.3 cm³/mol. The van der Waals surface area contributed by atoms with Crippen molar-refractivity contribution in [3.05, 3.63) is 28.2 Å². The summed E-state index contributed by atoms with van der Waals surface area (Å²) in [5.41, 5.74) is 8.34. The maximum atomic E-state index is 5.84. The van der Waals surface area contributed by atoms with Gasteiger partial charge in [-0.05, 0) is 45.1 Å². The van der Waals surface area contributed by atoms with Gasteiger partial charge in [0.1, 0.15) is 0 Å². The molecule has 0 aliphatic rings. The van der Waals surface area contributed by atoms with E-state index in [2.05, 4.69) is 65.1 Å². The molecule has 0 spiro atoms. The smallest absolute Gasteiger partial charge is 0.0375 e. The fourth-order valence-electron chi connectivity index (χ4n) is 1.77. The quantitative estimate of drug-likeness (QED) is 0.875. The summed E-state index contributed by atoms with van der Waals surface area (Å²) in [5, 5.41) is 0. The van der Waals surface area contributed by atoms with Gasteiger partial charge in [-0.15, -0.1) is 0 Å². The molecule has 0 aliphatic carbocycles. The lowest BCUT2D eigenvalue weighted by atomic mass is 10.1. The molecule has 3 nitrogen and oxygen atoms in total. The number of rotatable bonds is 6. The highest BCUT2D eigenvalue weighted by molar-refractivity contribution is 9.10. The second-order valence-corrected chi connectivity index (χ2v) is 6.04. The van der Waals surface area contributed by atoms with E-state index in [9.17, 15) is 0 Å². The summed E-state index contributed by atoms with van der Waals surface area (Å²) in [6, 6.07) is 6.69. The number of likely N-dealkylation sites (N-methyl/N-ethyl adjacent to an activating group) is 2. The van der Waals surface area contributed by atoms with Crippen molar-refractivity contribution in [2.75, 3.05) is 39.1 Å². The fourth-order valence-corrected chi connectivity index (χ4v) is 2.29. The summed E-state index contributed by atoms with van der Waals surface area (Å²) in [5.74, 6) is 0. The Bertz CT molecular complexity index is 377. The lowest BCUT2D eigenvalue weighted by Gasteiger charge is -2.22. The molecule has 0 heterocycles. The topological polar surface area (TPSA) is 32.5 Å². The second-order valence-electron chi connectivity index (χ2n) is 5.18. The van der Waals surface area contributed by atoms with Crippen molar-refractivity contribution >= 4 is 21.6 Å². The Hall–Kier alpha value is -0.580. The molecule has 0 amide bonds. The van der Waals surface area contributed by atoms with Crippen molar-refractivity contribution < 1.29 is 0 Å². The van der Waals surface area contributed by atoms with Gasteiger partial charge in [-0.3, -0.25) is 0 Å². The van der Waals surface area contributed by atoms with Gasteiger partial charge in [-0.25, -0.2) is 0 Å². The van der Waals surface area contributed by atoms with Crippen LogP contribution in [0.1, 0.15) is 12.5 Å². The van der Waals surface area contributed by atoms with E-state index < -0.39 is 0 Å². The Balaban J connectivity index is 2.71. The molecule has 0 saturated heterocycles. The maximum absolute atomic E-state index is 5.84. The van der Waals surface area contributed by atoms with Gasteiger partial charge in [0.15, 0.2) is 0 Å². The lowest BCUT2D eigenvalue weighted by molar-refractivity contribution is 0.416. The van der Waals surface area contributed by atoms with Gasteiger partial charge in [0, 0.05) is 36.3 Å². The number of nitrogens with zero attached hydrogens (tertiary/aromatic N) is 2. The second kappa shape index (κ2) is 7.12. The van der Waals surface area contributed by atoms with E-state index >= 15 is 0 Å². The van der Waals surface area contributed by atoms with Gasteiger partial charge in [0.2, 0.25) is 0 Å². The lowest BCUT2D eigenvalue weighted by Crippen LogP contribution is -2.28. The molecule has 102 valence electrons. The molecule has 2 N–H and O–H groups in total. The highest BCUT2D eigenvalue weighted by Crippen LogP contribution is 2.24. The first-order chi connectivity index (χ1) is 8.40. The minimum absolute atomic E-state index is 0.193. The molecule has 1 aromatic rings. The summed E-state index contributed by atoms with van der Waals surface area (Å²) in [7, 11) is 6.31. The standard InChI is InChI=1S/C14H24BrN3/c1-11(16)9-12-5-6-13(10-14(12)15)18(4)8-7-17(2)3/h5-6,10-11H,7-9,16H2,1-4H3. The monoisotopic (exact) mass is 313 g/mol. The van der Waals surface area contributed by atoms with Crippen LogP contribution in [0, 0.1) is 0 Å². The van der Waals surface area contributed by atoms with E-state index in [-0.39, 0.29) is 6.04 Å². The summed E-state index contributed by atoms with van der Waals surface area (Å²) in [6.07, 6.45) is 0.905. The van der Waals surface area contributed by atoms with Crippen LogP contribution in [0.2, 0.25) is 0 Å². The van der Waals surface area contributed by atoms with E-state index in [1.807, 2.05) is 6.92 Å². The highest BCUT2D eigenvalue weighted by Gasteiger charge is 2.07. The molecule has 1 unspecified atom stereocenters. The largest absolute Gasteiger partial charge is 0.373 e. The molecule has 4 heteroatoms. The molecule has 1 aromatic carbocycles. The summed E-state index contributed by atoms with van der Waals surface area (Å²) in [6.45, 7) is 4.10. The van der Waals surface area contributed by atoms with E-state index in [1.54, 1.807) is 0 Å². The van der Waals surface area contributed by atoms with Gasteiger partial charge in [-0.2, -0.15) is 0 Å². The molecular weight excluding hydrogens is 290 g/mol. The first-order valence-electron chi connectivity index (χ1n) is 6.30. The zero-order chi connectivity index (χ0) is 13.7. The predicted octanol–water partition coefficient (Wildman–Crippen LogP) is 2.34. The molecule has 0 fully saturated rings.